The number of carbonyl (C=O) groups is 2. The molecule has 1 saturated carbocycles. The van der Waals surface area contributed by atoms with Gasteiger partial charge in [0, 0.05) is 16.6 Å². The monoisotopic (exact) mass is 424 g/mol. The van der Waals surface area contributed by atoms with Crippen molar-refractivity contribution in [1.82, 2.24) is 5.32 Å². The van der Waals surface area contributed by atoms with Gasteiger partial charge in [-0.25, -0.2) is 0 Å². The molecular formula is C21H23F3N2O2S. The molecule has 1 aliphatic carbocycles. The Kier molecular flexibility index (Phi) is 6.62. The van der Waals surface area contributed by atoms with Crippen molar-refractivity contribution in [3.05, 3.63) is 52.2 Å². The number of nitrogens with zero attached hydrogens (tertiary/aromatic N) is 1. The lowest BCUT2D eigenvalue weighted by Gasteiger charge is -2.33. The number of aryl methyl sites for hydroxylation is 1. The Morgan fingerprint density at radius 1 is 1.14 bits per heavy atom. The summed E-state index contributed by atoms with van der Waals surface area (Å²) in [7, 11) is 0. The number of carbonyl (C=O) groups excluding carboxylic acids is 2. The van der Waals surface area contributed by atoms with Crippen molar-refractivity contribution in [2.24, 2.45) is 0 Å². The molecule has 3 rings (SSSR count). The van der Waals surface area contributed by atoms with Crippen molar-refractivity contribution in [3.8, 4) is 0 Å². The van der Waals surface area contributed by atoms with Crippen molar-refractivity contribution in [3.63, 3.8) is 0 Å². The van der Waals surface area contributed by atoms with E-state index in [9.17, 15) is 22.8 Å². The number of alkyl halides is 3. The van der Waals surface area contributed by atoms with E-state index >= 15 is 0 Å². The minimum Gasteiger partial charge on any atom is -0.351 e. The number of amides is 2. The summed E-state index contributed by atoms with van der Waals surface area (Å²) in [4.78, 5) is 26.6. The van der Waals surface area contributed by atoms with Crippen molar-refractivity contribution in [2.75, 3.05) is 4.90 Å². The van der Waals surface area contributed by atoms with Crippen molar-refractivity contribution < 1.29 is 22.8 Å². The summed E-state index contributed by atoms with van der Waals surface area (Å²) in [6.07, 6.45) is -0.496. The summed E-state index contributed by atoms with van der Waals surface area (Å²) in [6.45, 7) is 1.72. The molecule has 1 atom stereocenters. The maximum atomic E-state index is 13.5. The standard InChI is InChI=1S/C21H23F3N2O2S/c1-14-7-5-10-16(13-14)26(20(28)21(22,23)24)18(17-11-6-12-29-17)19(27)25-15-8-3-2-4-9-15/h5-7,10-13,15,18H,2-4,8-9H2,1H3,(H,25,27)/t18-/m0/s1. The zero-order valence-corrected chi connectivity index (χ0v) is 16.9. The molecule has 1 aromatic heterocycles. The molecule has 8 heteroatoms. The predicted octanol–water partition coefficient (Wildman–Crippen LogP) is 5.14. The van der Waals surface area contributed by atoms with Crippen LogP contribution in [0.5, 0.6) is 0 Å². The van der Waals surface area contributed by atoms with Gasteiger partial charge in [-0.1, -0.05) is 37.5 Å². The van der Waals surface area contributed by atoms with E-state index in [4.69, 9.17) is 0 Å². The third-order valence-corrected chi connectivity index (χ3v) is 5.94. The molecule has 2 aromatic rings. The highest BCUT2D eigenvalue weighted by molar-refractivity contribution is 7.10. The lowest BCUT2D eigenvalue weighted by molar-refractivity contribution is -0.171. The van der Waals surface area contributed by atoms with Crippen LogP contribution >= 0.6 is 11.3 Å². The summed E-state index contributed by atoms with van der Waals surface area (Å²) >= 11 is 1.15. The van der Waals surface area contributed by atoms with E-state index in [0.717, 1.165) is 43.4 Å². The minimum absolute atomic E-state index is 0.0459. The average molecular weight is 424 g/mol. The van der Waals surface area contributed by atoms with E-state index in [1.54, 1.807) is 36.6 Å². The molecule has 1 fully saturated rings. The number of nitrogens with one attached hydrogen (secondary N) is 1. The summed E-state index contributed by atoms with van der Waals surface area (Å²) in [6, 6.07) is 7.99. The number of benzene rings is 1. The highest BCUT2D eigenvalue weighted by Crippen LogP contribution is 2.35. The van der Waals surface area contributed by atoms with E-state index in [0.29, 0.717) is 15.3 Å². The summed E-state index contributed by atoms with van der Waals surface area (Å²) < 4.78 is 40.5. The first-order chi connectivity index (χ1) is 13.8. The summed E-state index contributed by atoms with van der Waals surface area (Å²) in [5.41, 5.74) is 0.740. The van der Waals surface area contributed by atoms with Crippen molar-refractivity contribution in [1.29, 1.82) is 0 Å². The van der Waals surface area contributed by atoms with Crippen LogP contribution < -0.4 is 10.2 Å². The SMILES string of the molecule is Cc1cccc(N(C(=O)C(F)(F)F)[C@H](C(=O)NC2CCCCC2)c2cccs2)c1. The Hall–Kier alpha value is -2.35. The second-order valence-corrected chi connectivity index (χ2v) is 8.25. The fourth-order valence-corrected chi connectivity index (χ4v) is 4.46. The second kappa shape index (κ2) is 8.98. The van der Waals surface area contributed by atoms with Gasteiger partial charge in [0.15, 0.2) is 6.04 Å². The van der Waals surface area contributed by atoms with Crippen LogP contribution in [-0.2, 0) is 9.59 Å². The molecule has 29 heavy (non-hydrogen) atoms. The molecule has 1 N–H and O–H groups in total. The van der Waals surface area contributed by atoms with Gasteiger partial charge in [-0.05, 0) is 48.9 Å². The van der Waals surface area contributed by atoms with Crippen LogP contribution in [0.15, 0.2) is 41.8 Å². The van der Waals surface area contributed by atoms with Crippen LogP contribution in [0.1, 0.15) is 48.6 Å². The maximum absolute atomic E-state index is 13.5. The van der Waals surface area contributed by atoms with E-state index in [-0.39, 0.29) is 11.7 Å². The number of hydrogen-bond donors (Lipinski definition) is 1. The number of thiophene rings is 1. The lowest BCUT2D eigenvalue weighted by atomic mass is 9.95. The number of rotatable bonds is 5. The van der Waals surface area contributed by atoms with Crippen molar-refractivity contribution >= 4 is 28.8 Å². The normalized spacial score (nSPS) is 16.3. The molecule has 4 nitrogen and oxygen atoms in total. The molecule has 0 spiro atoms. The Balaban J connectivity index is 2.02. The van der Waals surface area contributed by atoms with Gasteiger partial charge in [-0.15, -0.1) is 11.3 Å². The Morgan fingerprint density at radius 3 is 2.45 bits per heavy atom. The zero-order valence-electron chi connectivity index (χ0n) is 16.0. The molecule has 2 amide bonds. The van der Waals surface area contributed by atoms with Crippen molar-refractivity contribution in [2.45, 2.75) is 57.3 Å². The number of anilines is 1. The first-order valence-electron chi connectivity index (χ1n) is 9.58. The van der Waals surface area contributed by atoms with E-state index in [2.05, 4.69) is 5.32 Å². The number of hydrogen-bond acceptors (Lipinski definition) is 3. The number of halogens is 3. The molecule has 1 heterocycles. The van der Waals surface area contributed by atoms with Gasteiger partial charge < -0.3 is 5.32 Å². The molecule has 0 unspecified atom stereocenters. The maximum Gasteiger partial charge on any atom is 0.471 e. The Labute approximate surface area is 171 Å². The first kappa shape index (κ1) is 21.4. The largest absolute Gasteiger partial charge is 0.471 e. The minimum atomic E-state index is -5.11. The molecule has 1 aliphatic rings. The molecule has 1 aromatic carbocycles. The quantitative estimate of drug-likeness (QED) is 0.722. The molecule has 0 saturated heterocycles. The van der Waals surface area contributed by atoms with Crippen LogP contribution in [0.2, 0.25) is 0 Å². The highest BCUT2D eigenvalue weighted by atomic mass is 32.1. The molecule has 0 radical (unpaired) electrons. The third kappa shape index (κ3) is 5.18. The van der Waals surface area contributed by atoms with Gasteiger partial charge in [-0.3, -0.25) is 14.5 Å². The third-order valence-electron chi connectivity index (χ3n) is 5.01. The van der Waals surface area contributed by atoms with Gasteiger partial charge in [-0.2, -0.15) is 13.2 Å². The lowest BCUT2D eigenvalue weighted by Crippen LogP contribution is -2.50. The summed E-state index contributed by atoms with van der Waals surface area (Å²) in [5, 5.41) is 4.57. The van der Waals surface area contributed by atoms with Gasteiger partial charge in [0.2, 0.25) is 5.91 Å². The predicted molar refractivity (Wildman–Crippen MR) is 107 cm³/mol. The molecule has 0 aliphatic heterocycles. The Bertz CT molecular complexity index is 846. The highest BCUT2D eigenvalue weighted by Gasteiger charge is 2.47. The van der Waals surface area contributed by atoms with E-state index in [1.807, 2.05) is 0 Å². The van der Waals surface area contributed by atoms with Gasteiger partial charge >= 0.3 is 12.1 Å². The van der Waals surface area contributed by atoms with Crippen LogP contribution in [0.25, 0.3) is 0 Å². The van der Waals surface area contributed by atoms with Gasteiger partial charge in [0.05, 0.1) is 0 Å². The zero-order chi connectivity index (χ0) is 21.0. The van der Waals surface area contributed by atoms with Crippen LogP contribution in [0.4, 0.5) is 18.9 Å². The Morgan fingerprint density at radius 2 is 1.86 bits per heavy atom. The molecular weight excluding hydrogens is 401 g/mol. The fourth-order valence-electron chi connectivity index (χ4n) is 3.65. The fraction of sp³-hybridized carbons (Fsp3) is 0.429. The van der Waals surface area contributed by atoms with E-state index in [1.165, 1.54) is 12.1 Å². The second-order valence-electron chi connectivity index (χ2n) is 7.27. The van der Waals surface area contributed by atoms with Crippen LogP contribution in [-0.4, -0.2) is 24.0 Å². The van der Waals surface area contributed by atoms with E-state index < -0.39 is 24.0 Å². The van der Waals surface area contributed by atoms with Crippen LogP contribution in [0, 0.1) is 6.92 Å². The average Bonchev–Trinajstić information content (AvgIpc) is 3.19. The van der Waals surface area contributed by atoms with Gasteiger partial charge in [0.25, 0.3) is 0 Å². The smallest absolute Gasteiger partial charge is 0.351 e. The topological polar surface area (TPSA) is 49.4 Å². The molecule has 156 valence electrons. The molecule has 0 bridgehead atoms. The first-order valence-corrected chi connectivity index (χ1v) is 10.5. The summed E-state index contributed by atoms with van der Waals surface area (Å²) in [5.74, 6) is -2.64. The van der Waals surface area contributed by atoms with Crippen LogP contribution in [0.3, 0.4) is 0 Å². The van der Waals surface area contributed by atoms with Gasteiger partial charge in [0.1, 0.15) is 0 Å².